The van der Waals surface area contributed by atoms with Crippen LogP contribution in [0.5, 0.6) is 0 Å². The van der Waals surface area contributed by atoms with Gasteiger partial charge in [-0.2, -0.15) is 10.4 Å². The van der Waals surface area contributed by atoms with Gasteiger partial charge in [-0.05, 0) is 11.6 Å². The van der Waals surface area contributed by atoms with Gasteiger partial charge in [0.2, 0.25) is 0 Å². The van der Waals surface area contributed by atoms with Gasteiger partial charge in [0.25, 0.3) is 0 Å². The van der Waals surface area contributed by atoms with Gasteiger partial charge >= 0.3 is 6.03 Å². The summed E-state index contributed by atoms with van der Waals surface area (Å²) in [5, 5.41) is 17.9. The average molecular weight is 284 g/mol. The lowest BCUT2D eigenvalue weighted by atomic mass is 10.1. The molecule has 2 aliphatic rings. The summed E-state index contributed by atoms with van der Waals surface area (Å²) in [6.45, 7) is 2.99. The number of hydrogen-bond donors (Lipinski definition) is 1. The van der Waals surface area contributed by atoms with E-state index in [1.54, 1.807) is 23.4 Å². The molecule has 0 spiro atoms. The fraction of sp³-hybridized carbons (Fsp3) is 0.429. The molecule has 1 aromatic rings. The highest BCUT2D eigenvalue weighted by Crippen LogP contribution is 2.29. The van der Waals surface area contributed by atoms with Gasteiger partial charge < -0.3 is 10.2 Å². The van der Waals surface area contributed by atoms with Crippen molar-refractivity contribution in [1.29, 1.82) is 5.26 Å². The van der Waals surface area contributed by atoms with Crippen LogP contribution in [0.1, 0.15) is 23.6 Å². The zero-order valence-electron chi connectivity index (χ0n) is 11.6. The normalized spacial score (nSPS) is 21.4. The SMILES string of the molecule is N#Cc1cncc([C@@H]2CC=NN2C(=O)N2CCNCC2)c1. The first-order chi connectivity index (χ1) is 10.3. The van der Waals surface area contributed by atoms with Gasteiger partial charge in [0, 0.05) is 51.2 Å². The lowest BCUT2D eigenvalue weighted by molar-refractivity contribution is 0.136. The highest BCUT2D eigenvalue weighted by Gasteiger charge is 2.32. The van der Waals surface area contributed by atoms with Gasteiger partial charge in [-0.1, -0.05) is 0 Å². The first kappa shape index (κ1) is 13.5. The molecule has 2 amide bonds. The van der Waals surface area contributed by atoms with Crippen LogP contribution in [-0.2, 0) is 0 Å². The highest BCUT2D eigenvalue weighted by atomic mass is 16.2. The van der Waals surface area contributed by atoms with Gasteiger partial charge in [0.05, 0.1) is 11.6 Å². The summed E-state index contributed by atoms with van der Waals surface area (Å²) in [4.78, 5) is 18.4. The van der Waals surface area contributed by atoms with E-state index >= 15 is 0 Å². The predicted octanol–water partition coefficient (Wildman–Crippen LogP) is 0.711. The number of piperazine rings is 1. The van der Waals surface area contributed by atoms with E-state index in [4.69, 9.17) is 5.26 Å². The van der Waals surface area contributed by atoms with Crippen LogP contribution in [0, 0.1) is 11.3 Å². The number of nitriles is 1. The number of amides is 2. The van der Waals surface area contributed by atoms with E-state index in [9.17, 15) is 4.79 Å². The number of rotatable bonds is 1. The Balaban J connectivity index is 1.79. The fourth-order valence-corrected chi connectivity index (χ4v) is 2.58. The molecule has 0 aliphatic carbocycles. The minimum absolute atomic E-state index is 0.0855. The minimum Gasteiger partial charge on any atom is -0.321 e. The van der Waals surface area contributed by atoms with Gasteiger partial charge in [0.15, 0.2) is 0 Å². The van der Waals surface area contributed by atoms with Crippen molar-refractivity contribution in [3.8, 4) is 6.07 Å². The number of urea groups is 1. The summed E-state index contributed by atoms with van der Waals surface area (Å²) in [5.41, 5.74) is 1.34. The van der Waals surface area contributed by atoms with Crippen molar-refractivity contribution in [1.82, 2.24) is 20.2 Å². The van der Waals surface area contributed by atoms with E-state index in [0.717, 1.165) is 18.7 Å². The molecule has 7 nitrogen and oxygen atoms in total. The number of hydrazone groups is 1. The molecule has 0 radical (unpaired) electrons. The molecular formula is C14H16N6O. The summed E-state index contributed by atoms with van der Waals surface area (Å²) >= 11 is 0. The molecule has 0 bridgehead atoms. The zero-order valence-corrected chi connectivity index (χ0v) is 11.6. The number of hydrogen-bond acceptors (Lipinski definition) is 5. The van der Waals surface area contributed by atoms with E-state index in [0.29, 0.717) is 25.1 Å². The van der Waals surface area contributed by atoms with Crippen molar-refractivity contribution in [3.05, 3.63) is 29.6 Å². The van der Waals surface area contributed by atoms with Crippen LogP contribution >= 0.6 is 0 Å². The molecule has 1 atom stereocenters. The van der Waals surface area contributed by atoms with Gasteiger partial charge in [-0.15, -0.1) is 0 Å². The molecule has 1 N–H and O–H groups in total. The molecule has 0 aromatic carbocycles. The van der Waals surface area contributed by atoms with E-state index < -0.39 is 0 Å². The Morgan fingerprint density at radius 2 is 2.19 bits per heavy atom. The molecule has 1 aromatic heterocycles. The van der Waals surface area contributed by atoms with Gasteiger partial charge in [-0.25, -0.2) is 9.80 Å². The second kappa shape index (κ2) is 5.89. The minimum atomic E-state index is -0.173. The number of pyridine rings is 1. The van der Waals surface area contributed by atoms with Crippen LogP contribution in [0.2, 0.25) is 0 Å². The molecule has 1 saturated heterocycles. The highest BCUT2D eigenvalue weighted by molar-refractivity contribution is 5.78. The standard InChI is InChI=1S/C14H16N6O/c15-8-11-7-12(10-17-9-11)13-1-2-18-20(13)14(21)19-5-3-16-4-6-19/h2,7,9-10,13,16H,1,3-6H2/t13-/m0/s1. The summed E-state index contributed by atoms with van der Waals surface area (Å²) in [6, 6.07) is 3.58. The molecule has 0 saturated carbocycles. The first-order valence-electron chi connectivity index (χ1n) is 6.96. The largest absolute Gasteiger partial charge is 0.341 e. The summed E-state index contributed by atoms with van der Waals surface area (Å²) in [5.74, 6) is 0. The average Bonchev–Trinajstić information content (AvgIpc) is 3.04. The molecule has 3 rings (SSSR count). The second-order valence-corrected chi connectivity index (χ2v) is 5.03. The second-order valence-electron chi connectivity index (χ2n) is 5.03. The van der Waals surface area contributed by atoms with E-state index in [2.05, 4.69) is 21.5 Å². The molecular weight excluding hydrogens is 268 g/mol. The molecule has 0 unspecified atom stereocenters. The fourth-order valence-electron chi connectivity index (χ4n) is 2.58. The summed E-state index contributed by atoms with van der Waals surface area (Å²) in [6.07, 6.45) is 5.60. The lowest BCUT2D eigenvalue weighted by Crippen LogP contribution is -2.50. The zero-order chi connectivity index (χ0) is 14.7. The third-order valence-electron chi connectivity index (χ3n) is 3.69. The Morgan fingerprint density at radius 1 is 1.38 bits per heavy atom. The quantitative estimate of drug-likeness (QED) is 0.823. The van der Waals surface area contributed by atoms with Crippen molar-refractivity contribution >= 4 is 12.2 Å². The Hall–Kier alpha value is -2.46. The molecule has 3 heterocycles. The maximum atomic E-state index is 12.6. The third kappa shape index (κ3) is 2.71. The molecule has 21 heavy (non-hydrogen) atoms. The predicted molar refractivity (Wildman–Crippen MR) is 76.5 cm³/mol. The Bertz CT molecular complexity index is 602. The van der Waals surface area contributed by atoms with Crippen LogP contribution < -0.4 is 5.32 Å². The summed E-state index contributed by atoms with van der Waals surface area (Å²) in [7, 11) is 0. The van der Waals surface area contributed by atoms with Crippen molar-refractivity contribution in [2.24, 2.45) is 5.10 Å². The topological polar surface area (TPSA) is 84.6 Å². The maximum absolute atomic E-state index is 12.6. The Morgan fingerprint density at radius 3 is 2.95 bits per heavy atom. The lowest BCUT2D eigenvalue weighted by Gasteiger charge is -2.32. The number of carbonyl (C=O) groups excluding carboxylic acids is 1. The smallest absolute Gasteiger partial charge is 0.321 e. The first-order valence-corrected chi connectivity index (χ1v) is 6.96. The number of aromatic nitrogens is 1. The van der Waals surface area contributed by atoms with Crippen molar-refractivity contribution in [3.63, 3.8) is 0 Å². The van der Waals surface area contributed by atoms with E-state index in [1.807, 2.05) is 0 Å². The van der Waals surface area contributed by atoms with Crippen molar-refractivity contribution < 1.29 is 4.79 Å². The molecule has 2 aliphatic heterocycles. The van der Waals surface area contributed by atoms with Crippen LogP contribution in [0.4, 0.5) is 4.79 Å². The number of nitrogens with zero attached hydrogens (tertiary/aromatic N) is 5. The number of nitrogens with one attached hydrogen (secondary N) is 1. The maximum Gasteiger partial charge on any atom is 0.341 e. The number of carbonyl (C=O) groups is 1. The Labute approximate surface area is 122 Å². The van der Waals surface area contributed by atoms with Crippen LogP contribution in [0.25, 0.3) is 0 Å². The van der Waals surface area contributed by atoms with Crippen LogP contribution in [-0.4, -0.2) is 53.3 Å². The van der Waals surface area contributed by atoms with E-state index in [-0.39, 0.29) is 12.1 Å². The van der Waals surface area contributed by atoms with E-state index in [1.165, 1.54) is 11.2 Å². The third-order valence-corrected chi connectivity index (χ3v) is 3.69. The van der Waals surface area contributed by atoms with Crippen molar-refractivity contribution in [2.75, 3.05) is 26.2 Å². The van der Waals surface area contributed by atoms with Gasteiger partial charge in [0.1, 0.15) is 6.07 Å². The van der Waals surface area contributed by atoms with Crippen molar-refractivity contribution in [2.45, 2.75) is 12.5 Å². The molecule has 108 valence electrons. The molecule has 7 heteroatoms. The monoisotopic (exact) mass is 284 g/mol. The molecule has 1 fully saturated rings. The van der Waals surface area contributed by atoms with Crippen LogP contribution in [0.3, 0.4) is 0 Å². The summed E-state index contributed by atoms with van der Waals surface area (Å²) < 4.78 is 0. The van der Waals surface area contributed by atoms with Gasteiger partial charge in [-0.3, -0.25) is 4.98 Å². The Kier molecular flexibility index (Phi) is 3.79. The van der Waals surface area contributed by atoms with Crippen LogP contribution in [0.15, 0.2) is 23.6 Å².